The number of hydrogen-bond acceptors (Lipinski definition) is 4. The summed E-state index contributed by atoms with van der Waals surface area (Å²) in [5, 5.41) is 0.0821. The zero-order valence-electron chi connectivity index (χ0n) is 10.6. The van der Waals surface area contributed by atoms with Gasteiger partial charge >= 0.3 is 5.97 Å². The summed E-state index contributed by atoms with van der Waals surface area (Å²) in [6, 6.07) is 1.60. The van der Waals surface area contributed by atoms with Gasteiger partial charge < -0.3 is 4.74 Å². The van der Waals surface area contributed by atoms with Crippen LogP contribution in [0.2, 0.25) is 5.28 Å². The number of ether oxygens (including phenoxy) is 1. The quantitative estimate of drug-likeness (QED) is 0.611. The smallest absolute Gasteiger partial charge is 0.357 e. The van der Waals surface area contributed by atoms with E-state index in [2.05, 4.69) is 16.9 Å². The molecular weight excluding hydrogens is 252 g/mol. The summed E-state index contributed by atoms with van der Waals surface area (Å²) >= 11 is 5.74. The van der Waals surface area contributed by atoms with Gasteiger partial charge in [-0.2, -0.15) is 0 Å². The summed E-state index contributed by atoms with van der Waals surface area (Å²) in [4.78, 5) is 19.8. The second-order valence-electron chi connectivity index (χ2n) is 4.87. The van der Waals surface area contributed by atoms with E-state index in [1.54, 1.807) is 13.0 Å². The van der Waals surface area contributed by atoms with Gasteiger partial charge in [0.15, 0.2) is 5.69 Å². The Labute approximate surface area is 112 Å². The predicted molar refractivity (Wildman–Crippen MR) is 68.6 cm³/mol. The van der Waals surface area contributed by atoms with Crippen LogP contribution in [0.25, 0.3) is 0 Å². The van der Waals surface area contributed by atoms with Crippen LogP contribution in [-0.4, -0.2) is 22.0 Å². The van der Waals surface area contributed by atoms with Crippen molar-refractivity contribution in [3.8, 4) is 0 Å². The Morgan fingerprint density at radius 3 is 2.78 bits per heavy atom. The number of hydrogen-bond donors (Lipinski definition) is 0. The van der Waals surface area contributed by atoms with Gasteiger partial charge in [0.05, 0.1) is 0 Å². The molecule has 2 atom stereocenters. The summed E-state index contributed by atoms with van der Waals surface area (Å²) in [6.45, 7) is 3.89. The topological polar surface area (TPSA) is 52.1 Å². The van der Waals surface area contributed by atoms with Crippen molar-refractivity contribution in [3.63, 3.8) is 0 Å². The van der Waals surface area contributed by atoms with Crippen molar-refractivity contribution < 1.29 is 9.53 Å². The summed E-state index contributed by atoms with van der Waals surface area (Å²) in [5.74, 6) is 0.0160. The average Bonchev–Trinajstić information content (AvgIpc) is 2.31. The Morgan fingerprint density at radius 2 is 2.11 bits per heavy atom. The van der Waals surface area contributed by atoms with E-state index in [9.17, 15) is 4.79 Å². The van der Waals surface area contributed by atoms with E-state index in [1.165, 1.54) is 6.42 Å². The van der Waals surface area contributed by atoms with E-state index in [0.717, 1.165) is 19.3 Å². The molecule has 0 aromatic carbocycles. The van der Waals surface area contributed by atoms with Crippen molar-refractivity contribution in [1.82, 2.24) is 9.97 Å². The maximum Gasteiger partial charge on any atom is 0.357 e. The van der Waals surface area contributed by atoms with Crippen LogP contribution in [0.4, 0.5) is 0 Å². The molecule has 0 amide bonds. The third kappa shape index (κ3) is 3.19. The number of aromatic nitrogens is 2. The van der Waals surface area contributed by atoms with E-state index in [0.29, 0.717) is 11.6 Å². The van der Waals surface area contributed by atoms with Crippen LogP contribution >= 0.6 is 11.6 Å². The Hall–Kier alpha value is -1.16. The van der Waals surface area contributed by atoms with Gasteiger partial charge in [0.25, 0.3) is 0 Å². The van der Waals surface area contributed by atoms with Crippen molar-refractivity contribution in [2.45, 2.75) is 45.6 Å². The summed E-state index contributed by atoms with van der Waals surface area (Å²) in [6.07, 6.45) is 4.38. The number of nitrogens with zero attached hydrogens (tertiary/aromatic N) is 2. The van der Waals surface area contributed by atoms with E-state index >= 15 is 0 Å². The normalized spacial score (nSPS) is 23.7. The minimum Gasteiger partial charge on any atom is -0.457 e. The van der Waals surface area contributed by atoms with Crippen LogP contribution in [-0.2, 0) is 4.74 Å². The zero-order chi connectivity index (χ0) is 13.1. The third-order valence-corrected chi connectivity index (χ3v) is 3.50. The molecule has 1 aromatic rings. The minimum absolute atomic E-state index is 0.000275. The van der Waals surface area contributed by atoms with Crippen LogP contribution in [0.3, 0.4) is 0 Å². The second-order valence-corrected chi connectivity index (χ2v) is 5.21. The van der Waals surface area contributed by atoms with Gasteiger partial charge in [-0.25, -0.2) is 14.8 Å². The lowest BCUT2D eigenvalue weighted by molar-refractivity contribution is 0.00417. The molecule has 18 heavy (non-hydrogen) atoms. The van der Waals surface area contributed by atoms with Crippen molar-refractivity contribution in [1.29, 1.82) is 0 Å². The molecule has 0 spiro atoms. The van der Waals surface area contributed by atoms with Crippen LogP contribution in [0.1, 0.15) is 48.8 Å². The first-order valence-electron chi connectivity index (χ1n) is 6.28. The Balaban J connectivity index is 2.06. The molecule has 98 valence electrons. The molecule has 4 nitrogen and oxygen atoms in total. The third-order valence-electron chi connectivity index (χ3n) is 3.33. The molecule has 1 aliphatic rings. The van der Waals surface area contributed by atoms with Gasteiger partial charge in [-0.1, -0.05) is 13.3 Å². The Bertz CT molecular complexity index is 430. The van der Waals surface area contributed by atoms with E-state index < -0.39 is 5.97 Å². The van der Waals surface area contributed by atoms with E-state index in [-0.39, 0.29) is 17.1 Å². The summed E-state index contributed by atoms with van der Waals surface area (Å²) < 4.78 is 5.51. The van der Waals surface area contributed by atoms with Gasteiger partial charge in [-0.3, -0.25) is 0 Å². The lowest BCUT2D eigenvalue weighted by atomic mass is 9.88. The Kier molecular flexibility index (Phi) is 4.17. The standard InChI is InChI=1S/C13H17ClN2O2/c1-8-5-3-4-6-11(8)18-12(17)10-7-9(2)15-13(14)16-10/h7-8,11H,3-6H2,1-2H3. The molecular formula is C13H17ClN2O2. The van der Waals surface area contributed by atoms with E-state index in [1.807, 2.05) is 0 Å². The predicted octanol–water partition coefficient (Wildman–Crippen LogP) is 3.17. The SMILES string of the molecule is Cc1cc(C(=O)OC2CCCCC2C)nc(Cl)n1. The maximum absolute atomic E-state index is 12.0. The molecule has 2 rings (SSSR count). The molecule has 0 aliphatic heterocycles. The summed E-state index contributed by atoms with van der Waals surface area (Å²) in [7, 11) is 0. The molecule has 0 N–H and O–H groups in total. The number of carbonyl (C=O) groups is 1. The number of carbonyl (C=O) groups excluding carboxylic acids is 1. The van der Waals surface area contributed by atoms with Gasteiger partial charge in [0.1, 0.15) is 6.10 Å². The number of rotatable bonds is 2. The molecule has 1 fully saturated rings. The highest BCUT2D eigenvalue weighted by Crippen LogP contribution is 2.27. The molecule has 0 saturated heterocycles. The highest BCUT2D eigenvalue weighted by Gasteiger charge is 2.25. The molecule has 0 radical (unpaired) electrons. The van der Waals surface area contributed by atoms with Crippen molar-refractivity contribution >= 4 is 17.6 Å². The lowest BCUT2D eigenvalue weighted by Crippen LogP contribution is -2.28. The van der Waals surface area contributed by atoms with Crippen molar-refractivity contribution in [3.05, 3.63) is 22.7 Å². The fraction of sp³-hybridized carbons (Fsp3) is 0.615. The molecule has 5 heteroatoms. The van der Waals surface area contributed by atoms with Gasteiger partial charge in [0, 0.05) is 5.69 Å². The molecule has 1 aliphatic carbocycles. The van der Waals surface area contributed by atoms with Crippen molar-refractivity contribution in [2.75, 3.05) is 0 Å². The maximum atomic E-state index is 12.0. The fourth-order valence-corrected chi connectivity index (χ4v) is 2.52. The van der Waals surface area contributed by atoms with Crippen LogP contribution in [0.5, 0.6) is 0 Å². The molecule has 1 saturated carbocycles. The van der Waals surface area contributed by atoms with E-state index in [4.69, 9.17) is 16.3 Å². The van der Waals surface area contributed by atoms with Crippen LogP contribution < -0.4 is 0 Å². The first-order chi connectivity index (χ1) is 8.56. The monoisotopic (exact) mass is 268 g/mol. The molecule has 1 heterocycles. The molecule has 2 unspecified atom stereocenters. The van der Waals surface area contributed by atoms with Gasteiger partial charge in [0.2, 0.25) is 5.28 Å². The second kappa shape index (κ2) is 5.65. The Morgan fingerprint density at radius 1 is 1.39 bits per heavy atom. The van der Waals surface area contributed by atoms with Crippen LogP contribution in [0.15, 0.2) is 6.07 Å². The zero-order valence-corrected chi connectivity index (χ0v) is 11.4. The first-order valence-corrected chi connectivity index (χ1v) is 6.66. The molecule has 0 bridgehead atoms. The highest BCUT2D eigenvalue weighted by molar-refractivity contribution is 6.28. The highest BCUT2D eigenvalue weighted by atomic mass is 35.5. The first kappa shape index (κ1) is 13.3. The van der Waals surface area contributed by atoms with Gasteiger partial charge in [-0.05, 0) is 49.8 Å². The lowest BCUT2D eigenvalue weighted by Gasteiger charge is -2.28. The summed E-state index contributed by atoms with van der Waals surface area (Å²) in [5.41, 5.74) is 0.906. The van der Waals surface area contributed by atoms with Gasteiger partial charge in [-0.15, -0.1) is 0 Å². The van der Waals surface area contributed by atoms with Crippen molar-refractivity contribution in [2.24, 2.45) is 5.92 Å². The fourth-order valence-electron chi connectivity index (χ4n) is 2.29. The number of aryl methyl sites for hydroxylation is 1. The number of halogens is 1. The largest absolute Gasteiger partial charge is 0.457 e. The minimum atomic E-state index is -0.402. The average molecular weight is 269 g/mol. The number of esters is 1. The molecule has 1 aromatic heterocycles. The van der Waals surface area contributed by atoms with Crippen LogP contribution in [0, 0.1) is 12.8 Å².